The molecule has 0 unspecified atom stereocenters. The van der Waals surface area contributed by atoms with Gasteiger partial charge in [-0.2, -0.15) is 0 Å². The molecule has 0 nitrogen and oxygen atoms in total. The Kier molecular flexibility index (Phi) is 3.88. The third-order valence-corrected chi connectivity index (χ3v) is 6.13. The maximum absolute atomic E-state index is 2.61. The number of hydrogen-bond acceptors (Lipinski definition) is 0. The van der Waals surface area contributed by atoms with Gasteiger partial charge in [0.05, 0.1) is 0 Å². The molecule has 0 saturated heterocycles. The summed E-state index contributed by atoms with van der Waals surface area (Å²) in [6.45, 7) is 0. The number of rotatable bonds is 2. The van der Waals surface area contributed by atoms with Crippen molar-refractivity contribution in [3.8, 4) is 0 Å². The van der Waals surface area contributed by atoms with Gasteiger partial charge >= 0.3 is 0 Å². The normalized spacial score (nSPS) is 23.9. The number of fused-ring (bicyclic) bond motifs is 1. The third kappa shape index (κ3) is 2.70. The van der Waals surface area contributed by atoms with Gasteiger partial charge in [0.15, 0.2) is 0 Å². The quantitative estimate of drug-likeness (QED) is 0.600. The van der Waals surface area contributed by atoms with Gasteiger partial charge in [0.25, 0.3) is 0 Å². The van der Waals surface area contributed by atoms with Gasteiger partial charge in [-0.3, -0.25) is 0 Å². The van der Waals surface area contributed by atoms with Gasteiger partial charge in [0.2, 0.25) is 0 Å². The van der Waals surface area contributed by atoms with Crippen LogP contribution in [-0.4, -0.2) is 0 Å². The standard InChI is InChI=1S/C21H28/c1-3-8-16(9-4-1)19-14-18-12-7-13-20(21(18)15-19)17-10-5-2-6-11-17/h7,12-13,15-17H,1-6,8-11,14H2. The van der Waals surface area contributed by atoms with Crippen molar-refractivity contribution in [1.82, 2.24) is 0 Å². The summed E-state index contributed by atoms with van der Waals surface area (Å²) in [5.41, 5.74) is 6.69. The minimum atomic E-state index is 0.843. The maximum Gasteiger partial charge on any atom is -0.00549 e. The Labute approximate surface area is 129 Å². The molecule has 1 aromatic rings. The fraction of sp³-hybridized carbons (Fsp3) is 0.619. The zero-order valence-electron chi connectivity index (χ0n) is 13.2. The fourth-order valence-electron chi connectivity index (χ4n) is 4.92. The Balaban J connectivity index is 1.61. The summed E-state index contributed by atoms with van der Waals surface area (Å²) in [6.07, 6.45) is 18.3. The molecule has 0 atom stereocenters. The van der Waals surface area contributed by atoms with Crippen molar-refractivity contribution in [1.29, 1.82) is 0 Å². The molecular formula is C21H28. The summed E-state index contributed by atoms with van der Waals surface area (Å²) in [5.74, 6) is 1.74. The highest BCUT2D eigenvalue weighted by Gasteiger charge is 2.26. The van der Waals surface area contributed by atoms with Crippen molar-refractivity contribution in [2.45, 2.75) is 76.5 Å². The SMILES string of the molecule is C1=C(C2CCCCC2)Cc2cccc(C3CCCCC3)c21. The van der Waals surface area contributed by atoms with E-state index in [-0.39, 0.29) is 0 Å². The van der Waals surface area contributed by atoms with Crippen molar-refractivity contribution < 1.29 is 0 Å². The summed E-state index contributed by atoms with van der Waals surface area (Å²) in [7, 11) is 0. The second-order valence-electron chi connectivity index (χ2n) is 7.49. The van der Waals surface area contributed by atoms with Crippen LogP contribution in [0.15, 0.2) is 23.8 Å². The molecule has 0 radical (unpaired) electrons. The minimum Gasteiger partial charge on any atom is -0.0621 e. The van der Waals surface area contributed by atoms with Crippen LogP contribution in [0.5, 0.6) is 0 Å². The Bertz CT molecular complexity index is 525. The first-order chi connectivity index (χ1) is 10.4. The van der Waals surface area contributed by atoms with Crippen molar-refractivity contribution in [3.05, 3.63) is 40.5 Å². The van der Waals surface area contributed by atoms with Crippen molar-refractivity contribution in [3.63, 3.8) is 0 Å². The summed E-state index contributed by atoms with van der Waals surface area (Å²) in [5, 5.41) is 0. The van der Waals surface area contributed by atoms with E-state index in [1.54, 1.807) is 22.3 Å². The average molecular weight is 280 g/mol. The highest BCUT2D eigenvalue weighted by atomic mass is 14.3. The van der Waals surface area contributed by atoms with Gasteiger partial charge in [-0.1, -0.05) is 68.4 Å². The van der Waals surface area contributed by atoms with Gasteiger partial charge < -0.3 is 0 Å². The Hall–Kier alpha value is -1.04. The molecule has 2 saturated carbocycles. The molecule has 3 aliphatic rings. The van der Waals surface area contributed by atoms with Gasteiger partial charge in [0.1, 0.15) is 0 Å². The maximum atomic E-state index is 2.61. The third-order valence-electron chi connectivity index (χ3n) is 6.13. The van der Waals surface area contributed by atoms with Crippen LogP contribution in [0.1, 0.15) is 86.8 Å². The molecule has 1 aromatic carbocycles. The van der Waals surface area contributed by atoms with E-state index in [9.17, 15) is 0 Å². The zero-order chi connectivity index (χ0) is 14.1. The van der Waals surface area contributed by atoms with E-state index in [1.807, 2.05) is 0 Å². The summed E-state index contributed by atoms with van der Waals surface area (Å²) < 4.78 is 0. The predicted molar refractivity (Wildman–Crippen MR) is 90.5 cm³/mol. The molecule has 21 heavy (non-hydrogen) atoms. The van der Waals surface area contributed by atoms with Crippen LogP contribution in [0.2, 0.25) is 0 Å². The van der Waals surface area contributed by atoms with E-state index in [1.165, 1.54) is 70.6 Å². The molecule has 0 N–H and O–H groups in total. The lowest BCUT2D eigenvalue weighted by molar-refractivity contribution is 0.401. The zero-order valence-corrected chi connectivity index (χ0v) is 13.2. The van der Waals surface area contributed by atoms with Gasteiger partial charge in [-0.05, 0) is 60.6 Å². The minimum absolute atomic E-state index is 0.843. The number of benzene rings is 1. The van der Waals surface area contributed by atoms with E-state index >= 15 is 0 Å². The lowest BCUT2D eigenvalue weighted by atomic mass is 9.81. The van der Waals surface area contributed by atoms with Gasteiger partial charge in [-0.25, -0.2) is 0 Å². The van der Waals surface area contributed by atoms with Gasteiger partial charge in [-0.15, -0.1) is 0 Å². The monoisotopic (exact) mass is 280 g/mol. The molecule has 0 amide bonds. The molecular weight excluding hydrogens is 252 g/mol. The van der Waals surface area contributed by atoms with Gasteiger partial charge in [0, 0.05) is 0 Å². The van der Waals surface area contributed by atoms with Crippen LogP contribution in [-0.2, 0) is 6.42 Å². The number of hydrogen-bond donors (Lipinski definition) is 0. The van der Waals surface area contributed by atoms with Crippen LogP contribution >= 0.6 is 0 Å². The Morgan fingerprint density at radius 2 is 1.38 bits per heavy atom. The molecule has 0 heterocycles. The number of allylic oxidation sites excluding steroid dienone is 1. The lowest BCUT2D eigenvalue weighted by Gasteiger charge is -2.24. The summed E-state index contributed by atoms with van der Waals surface area (Å²) >= 11 is 0. The van der Waals surface area contributed by atoms with Crippen LogP contribution in [0.25, 0.3) is 6.08 Å². The Morgan fingerprint density at radius 1 is 0.714 bits per heavy atom. The Morgan fingerprint density at radius 3 is 2.10 bits per heavy atom. The fourth-order valence-corrected chi connectivity index (χ4v) is 4.92. The lowest BCUT2D eigenvalue weighted by Crippen LogP contribution is -2.08. The first-order valence-corrected chi connectivity index (χ1v) is 9.24. The van der Waals surface area contributed by atoms with Crippen LogP contribution in [0, 0.1) is 5.92 Å². The van der Waals surface area contributed by atoms with Crippen LogP contribution in [0.3, 0.4) is 0 Å². The largest absolute Gasteiger partial charge is 0.0621 e. The first kappa shape index (κ1) is 13.6. The topological polar surface area (TPSA) is 0 Å². The van der Waals surface area contributed by atoms with Crippen LogP contribution < -0.4 is 0 Å². The second-order valence-corrected chi connectivity index (χ2v) is 7.49. The molecule has 0 aromatic heterocycles. The smallest absolute Gasteiger partial charge is 0.00549 e. The summed E-state index contributed by atoms with van der Waals surface area (Å²) in [4.78, 5) is 0. The van der Waals surface area contributed by atoms with Crippen molar-refractivity contribution in [2.75, 3.05) is 0 Å². The molecule has 112 valence electrons. The second kappa shape index (κ2) is 5.99. The van der Waals surface area contributed by atoms with E-state index in [2.05, 4.69) is 24.3 Å². The molecule has 2 fully saturated rings. The highest BCUT2D eigenvalue weighted by molar-refractivity contribution is 5.68. The van der Waals surface area contributed by atoms with E-state index < -0.39 is 0 Å². The highest BCUT2D eigenvalue weighted by Crippen LogP contribution is 2.42. The molecule has 0 aliphatic heterocycles. The molecule has 0 heteroatoms. The van der Waals surface area contributed by atoms with Crippen molar-refractivity contribution >= 4 is 6.08 Å². The van der Waals surface area contributed by atoms with E-state index in [4.69, 9.17) is 0 Å². The average Bonchev–Trinajstić information content (AvgIpc) is 3.00. The molecule has 0 spiro atoms. The summed E-state index contributed by atoms with van der Waals surface area (Å²) in [6, 6.07) is 7.13. The van der Waals surface area contributed by atoms with Crippen molar-refractivity contribution in [2.24, 2.45) is 5.92 Å². The molecule has 4 rings (SSSR count). The molecule has 0 bridgehead atoms. The molecule has 3 aliphatic carbocycles. The van der Waals surface area contributed by atoms with E-state index in [0.29, 0.717) is 0 Å². The predicted octanol–water partition coefficient (Wildman–Crippen LogP) is 6.25. The van der Waals surface area contributed by atoms with Crippen LogP contribution in [0.4, 0.5) is 0 Å². The van der Waals surface area contributed by atoms with E-state index in [0.717, 1.165) is 11.8 Å². The first-order valence-electron chi connectivity index (χ1n) is 9.24.